The van der Waals surface area contributed by atoms with E-state index in [0.29, 0.717) is 5.95 Å². The maximum Gasteiger partial charge on any atom is 0.223 e. The molecule has 0 atom stereocenters. The molecule has 3 aromatic heterocycles. The van der Waals surface area contributed by atoms with Crippen LogP contribution in [-0.2, 0) is 4.74 Å². The van der Waals surface area contributed by atoms with Crippen molar-refractivity contribution in [1.82, 2.24) is 19.9 Å². The number of nitrogens with one attached hydrogen (secondary N) is 1. The first-order valence-corrected chi connectivity index (χ1v) is 9.68. The monoisotopic (exact) mass is 367 g/mol. The molecule has 134 valence electrons. The molecular weight excluding hydrogens is 346 g/mol. The Morgan fingerprint density at radius 2 is 2.08 bits per heavy atom. The smallest absolute Gasteiger partial charge is 0.223 e. The molecule has 0 spiro atoms. The van der Waals surface area contributed by atoms with E-state index in [-0.39, 0.29) is 0 Å². The van der Waals surface area contributed by atoms with Gasteiger partial charge in [-0.1, -0.05) is 0 Å². The molecule has 1 N–H and O–H groups in total. The SMILES string of the molecule is c1cncc(-c2nc(NCCN3CCOCC3)ncc2-c2ccsc2)c1. The van der Waals surface area contributed by atoms with Crippen molar-refractivity contribution in [3.8, 4) is 22.4 Å². The molecule has 26 heavy (non-hydrogen) atoms. The Morgan fingerprint density at radius 3 is 2.85 bits per heavy atom. The van der Waals surface area contributed by atoms with Crippen LogP contribution in [0.25, 0.3) is 22.4 Å². The van der Waals surface area contributed by atoms with Crippen LogP contribution in [0.5, 0.6) is 0 Å². The Labute approximate surface area is 156 Å². The van der Waals surface area contributed by atoms with E-state index in [1.807, 2.05) is 24.5 Å². The van der Waals surface area contributed by atoms with Crippen molar-refractivity contribution in [3.63, 3.8) is 0 Å². The Balaban J connectivity index is 1.53. The zero-order valence-electron chi connectivity index (χ0n) is 14.5. The maximum atomic E-state index is 5.39. The topological polar surface area (TPSA) is 63.2 Å². The minimum Gasteiger partial charge on any atom is -0.379 e. The summed E-state index contributed by atoms with van der Waals surface area (Å²) < 4.78 is 5.39. The number of ether oxygens (including phenoxy) is 1. The summed E-state index contributed by atoms with van der Waals surface area (Å²) in [6.45, 7) is 5.38. The lowest BCUT2D eigenvalue weighted by atomic mass is 10.0. The predicted molar refractivity (Wildman–Crippen MR) is 104 cm³/mol. The van der Waals surface area contributed by atoms with E-state index >= 15 is 0 Å². The van der Waals surface area contributed by atoms with E-state index < -0.39 is 0 Å². The fourth-order valence-electron chi connectivity index (χ4n) is 2.97. The summed E-state index contributed by atoms with van der Waals surface area (Å²) in [5.74, 6) is 0.649. The fraction of sp³-hybridized carbons (Fsp3) is 0.316. The number of pyridine rings is 1. The maximum absolute atomic E-state index is 5.39. The summed E-state index contributed by atoms with van der Waals surface area (Å²) in [6, 6.07) is 6.05. The molecule has 3 aromatic rings. The van der Waals surface area contributed by atoms with Gasteiger partial charge in [0.2, 0.25) is 5.95 Å². The van der Waals surface area contributed by atoms with Crippen molar-refractivity contribution in [2.24, 2.45) is 0 Å². The van der Waals surface area contributed by atoms with Gasteiger partial charge in [-0.15, -0.1) is 0 Å². The number of nitrogens with zero attached hydrogens (tertiary/aromatic N) is 4. The minimum atomic E-state index is 0.649. The molecule has 0 radical (unpaired) electrons. The summed E-state index contributed by atoms with van der Waals surface area (Å²) in [5.41, 5.74) is 4.06. The zero-order valence-corrected chi connectivity index (χ0v) is 15.3. The van der Waals surface area contributed by atoms with Crippen LogP contribution >= 0.6 is 11.3 Å². The first-order chi connectivity index (χ1) is 12.9. The first-order valence-electron chi connectivity index (χ1n) is 8.74. The summed E-state index contributed by atoms with van der Waals surface area (Å²) in [5, 5.41) is 7.53. The quantitative estimate of drug-likeness (QED) is 0.723. The third-order valence-corrected chi connectivity index (χ3v) is 5.05. The van der Waals surface area contributed by atoms with Gasteiger partial charge in [-0.25, -0.2) is 9.97 Å². The summed E-state index contributed by atoms with van der Waals surface area (Å²) >= 11 is 1.67. The van der Waals surface area contributed by atoms with E-state index in [2.05, 4.69) is 37.0 Å². The van der Waals surface area contributed by atoms with Crippen LogP contribution in [0, 0.1) is 0 Å². The van der Waals surface area contributed by atoms with Crippen LogP contribution in [0.1, 0.15) is 0 Å². The summed E-state index contributed by atoms with van der Waals surface area (Å²) in [4.78, 5) is 15.9. The number of rotatable bonds is 6. The normalized spacial score (nSPS) is 15.1. The van der Waals surface area contributed by atoms with Gasteiger partial charge in [0.15, 0.2) is 0 Å². The fourth-order valence-corrected chi connectivity index (χ4v) is 3.63. The molecule has 1 fully saturated rings. The Kier molecular flexibility index (Phi) is 5.49. The van der Waals surface area contributed by atoms with Gasteiger partial charge in [0, 0.05) is 55.9 Å². The van der Waals surface area contributed by atoms with Crippen molar-refractivity contribution in [1.29, 1.82) is 0 Å². The molecule has 4 rings (SSSR count). The lowest BCUT2D eigenvalue weighted by Gasteiger charge is -2.26. The minimum absolute atomic E-state index is 0.649. The average molecular weight is 367 g/mol. The van der Waals surface area contributed by atoms with Gasteiger partial charge in [0.1, 0.15) is 0 Å². The number of aromatic nitrogens is 3. The molecule has 4 heterocycles. The number of hydrogen-bond donors (Lipinski definition) is 1. The zero-order chi connectivity index (χ0) is 17.6. The van der Waals surface area contributed by atoms with Crippen molar-refractivity contribution in [2.75, 3.05) is 44.7 Å². The predicted octanol–water partition coefficient (Wildman–Crippen LogP) is 3.01. The van der Waals surface area contributed by atoms with Gasteiger partial charge in [-0.2, -0.15) is 11.3 Å². The standard InChI is InChI=1S/C19H21N5OS/c1-2-15(12-20-4-1)18-17(16-3-11-26-14-16)13-22-19(23-18)21-5-6-24-7-9-25-10-8-24/h1-4,11-14H,5-10H2,(H,21,22,23). The number of thiophene rings is 1. The number of anilines is 1. The highest BCUT2D eigenvalue weighted by Crippen LogP contribution is 2.31. The van der Waals surface area contributed by atoms with Crippen LogP contribution in [0.3, 0.4) is 0 Å². The Hall–Kier alpha value is -2.35. The average Bonchev–Trinajstić information content (AvgIpc) is 3.24. The molecular formula is C19H21N5OS. The Bertz CT molecular complexity index is 819. The van der Waals surface area contributed by atoms with Crippen LogP contribution in [0.15, 0.2) is 47.5 Å². The van der Waals surface area contributed by atoms with Crippen molar-refractivity contribution in [3.05, 3.63) is 47.5 Å². The lowest BCUT2D eigenvalue weighted by Crippen LogP contribution is -2.39. The lowest BCUT2D eigenvalue weighted by molar-refractivity contribution is 0.0398. The van der Waals surface area contributed by atoms with Crippen LogP contribution in [0.4, 0.5) is 5.95 Å². The Morgan fingerprint density at radius 1 is 1.15 bits per heavy atom. The molecule has 0 aromatic carbocycles. The van der Waals surface area contributed by atoms with Gasteiger partial charge in [0.25, 0.3) is 0 Å². The second-order valence-electron chi connectivity index (χ2n) is 6.09. The molecule has 1 aliphatic rings. The van der Waals surface area contributed by atoms with E-state index in [1.165, 1.54) is 0 Å². The number of morpholine rings is 1. The molecule has 0 saturated carbocycles. The second kappa shape index (κ2) is 8.35. The third kappa shape index (κ3) is 4.07. The highest BCUT2D eigenvalue weighted by Gasteiger charge is 2.13. The molecule has 1 saturated heterocycles. The van der Waals surface area contributed by atoms with E-state index in [9.17, 15) is 0 Å². The van der Waals surface area contributed by atoms with Crippen LogP contribution in [0.2, 0.25) is 0 Å². The van der Waals surface area contributed by atoms with Gasteiger partial charge in [-0.05, 0) is 34.5 Å². The van der Waals surface area contributed by atoms with E-state index in [4.69, 9.17) is 9.72 Å². The molecule has 1 aliphatic heterocycles. The third-order valence-electron chi connectivity index (χ3n) is 4.37. The van der Waals surface area contributed by atoms with E-state index in [1.54, 1.807) is 17.5 Å². The molecule has 0 bridgehead atoms. The van der Waals surface area contributed by atoms with Crippen molar-refractivity contribution in [2.45, 2.75) is 0 Å². The van der Waals surface area contributed by atoms with Crippen molar-refractivity contribution >= 4 is 17.3 Å². The van der Waals surface area contributed by atoms with Gasteiger partial charge in [0.05, 0.1) is 18.9 Å². The summed E-state index contributed by atoms with van der Waals surface area (Å²) in [7, 11) is 0. The summed E-state index contributed by atoms with van der Waals surface area (Å²) in [6.07, 6.45) is 5.51. The van der Waals surface area contributed by atoms with Crippen molar-refractivity contribution < 1.29 is 4.74 Å². The second-order valence-corrected chi connectivity index (χ2v) is 6.87. The van der Waals surface area contributed by atoms with E-state index in [0.717, 1.165) is 61.8 Å². The van der Waals surface area contributed by atoms with Crippen LogP contribution in [-0.4, -0.2) is 59.2 Å². The molecule has 6 nitrogen and oxygen atoms in total. The van der Waals surface area contributed by atoms with Crippen LogP contribution < -0.4 is 5.32 Å². The van der Waals surface area contributed by atoms with Gasteiger partial charge < -0.3 is 10.1 Å². The largest absolute Gasteiger partial charge is 0.379 e. The first kappa shape index (κ1) is 17.1. The molecule has 7 heteroatoms. The number of hydrogen-bond acceptors (Lipinski definition) is 7. The molecule has 0 aliphatic carbocycles. The van der Waals surface area contributed by atoms with Gasteiger partial charge in [-0.3, -0.25) is 9.88 Å². The highest BCUT2D eigenvalue weighted by atomic mass is 32.1. The molecule has 0 amide bonds. The molecule has 0 unspecified atom stereocenters. The highest BCUT2D eigenvalue weighted by molar-refractivity contribution is 7.08. The van der Waals surface area contributed by atoms with Gasteiger partial charge >= 0.3 is 0 Å².